The normalized spacial score (nSPS) is 20.4. The van der Waals surface area contributed by atoms with Gasteiger partial charge in [0.2, 0.25) is 11.8 Å². The first kappa shape index (κ1) is 24.0. The molecule has 2 heterocycles. The van der Waals surface area contributed by atoms with Gasteiger partial charge in [0.15, 0.2) is 0 Å². The Kier molecular flexibility index (Phi) is 7.70. The van der Waals surface area contributed by atoms with Gasteiger partial charge in [-0.2, -0.15) is 0 Å². The van der Waals surface area contributed by atoms with Gasteiger partial charge in [-0.25, -0.2) is 4.79 Å². The molecule has 2 fully saturated rings. The van der Waals surface area contributed by atoms with Crippen molar-refractivity contribution in [3.8, 4) is 0 Å². The van der Waals surface area contributed by atoms with Crippen molar-refractivity contribution in [1.29, 1.82) is 0 Å². The molecule has 0 aromatic heterocycles. The maximum atomic E-state index is 13.1. The van der Waals surface area contributed by atoms with Crippen LogP contribution >= 0.6 is 11.6 Å². The first-order chi connectivity index (χ1) is 16.4. The summed E-state index contributed by atoms with van der Waals surface area (Å²) < 4.78 is 5.72. The number of piperidine rings is 1. The molecule has 2 saturated heterocycles. The van der Waals surface area contributed by atoms with E-state index in [1.807, 2.05) is 19.1 Å². The van der Waals surface area contributed by atoms with Crippen LogP contribution < -0.4 is 15.5 Å². The van der Waals surface area contributed by atoms with Crippen LogP contribution in [0.3, 0.4) is 0 Å². The highest BCUT2D eigenvalue weighted by molar-refractivity contribution is 6.30. The zero-order chi connectivity index (χ0) is 24.1. The number of hydrogen-bond donors (Lipinski definition) is 2. The van der Waals surface area contributed by atoms with Gasteiger partial charge in [0.05, 0.1) is 6.10 Å². The Hall–Kier alpha value is -3.10. The highest BCUT2D eigenvalue weighted by atomic mass is 35.5. The third kappa shape index (κ3) is 5.69. The van der Waals surface area contributed by atoms with Crippen molar-refractivity contribution in [2.75, 3.05) is 35.2 Å². The summed E-state index contributed by atoms with van der Waals surface area (Å²) in [4.78, 5) is 41.6. The van der Waals surface area contributed by atoms with E-state index in [-0.39, 0.29) is 23.9 Å². The molecule has 2 aliphatic rings. The lowest BCUT2D eigenvalue weighted by Gasteiger charge is -2.27. The van der Waals surface area contributed by atoms with Crippen LogP contribution in [0, 0.1) is 0 Å². The quantitative estimate of drug-likeness (QED) is 0.631. The van der Waals surface area contributed by atoms with Gasteiger partial charge in [0, 0.05) is 54.6 Å². The van der Waals surface area contributed by atoms with Crippen molar-refractivity contribution in [2.45, 2.75) is 44.8 Å². The van der Waals surface area contributed by atoms with Crippen molar-refractivity contribution in [1.82, 2.24) is 4.90 Å². The van der Waals surface area contributed by atoms with E-state index in [4.69, 9.17) is 16.3 Å². The predicted octanol–water partition coefficient (Wildman–Crippen LogP) is 4.51. The summed E-state index contributed by atoms with van der Waals surface area (Å²) in [6.45, 7) is 3.42. The van der Waals surface area contributed by atoms with Crippen LogP contribution in [-0.2, 0) is 14.3 Å². The molecule has 8 nitrogen and oxygen atoms in total. The van der Waals surface area contributed by atoms with E-state index >= 15 is 0 Å². The number of anilines is 3. The summed E-state index contributed by atoms with van der Waals surface area (Å²) >= 11 is 5.92. The molecule has 180 valence electrons. The number of rotatable bonds is 6. The van der Waals surface area contributed by atoms with Crippen molar-refractivity contribution in [3.05, 3.63) is 53.6 Å². The first-order valence-corrected chi connectivity index (χ1v) is 12.0. The Morgan fingerprint density at radius 2 is 1.71 bits per heavy atom. The summed E-state index contributed by atoms with van der Waals surface area (Å²) in [5.74, 6) is -0.159. The minimum Gasteiger partial charge on any atom is -0.377 e. The Bertz CT molecular complexity index is 1030. The van der Waals surface area contributed by atoms with Crippen LogP contribution in [0.1, 0.15) is 32.6 Å². The second kappa shape index (κ2) is 10.9. The van der Waals surface area contributed by atoms with Gasteiger partial charge in [0.25, 0.3) is 0 Å². The molecule has 0 aliphatic carbocycles. The van der Waals surface area contributed by atoms with E-state index in [1.54, 1.807) is 41.3 Å². The molecule has 4 rings (SSSR count). The Morgan fingerprint density at radius 3 is 2.38 bits per heavy atom. The highest BCUT2D eigenvalue weighted by Gasteiger charge is 2.40. The largest absolute Gasteiger partial charge is 0.377 e. The lowest BCUT2D eigenvalue weighted by Crippen LogP contribution is -2.45. The second-order valence-corrected chi connectivity index (χ2v) is 8.89. The van der Waals surface area contributed by atoms with E-state index in [0.717, 1.165) is 18.5 Å². The third-order valence-corrected chi connectivity index (χ3v) is 6.35. The molecule has 2 atom stereocenters. The van der Waals surface area contributed by atoms with Crippen LogP contribution in [0.5, 0.6) is 0 Å². The average molecular weight is 485 g/mol. The highest BCUT2D eigenvalue weighted by Crippen LogP contribution is 2.26. The summed E-state index contributed by atoms with van der Waals surface area (Å²) in [7, 11) is 0. The monoisotopic (exact) mass is 484 g/mol. The van der Waals surface area contributed by atoms with E-state index in [2.05, 4.69) is 10.6 Å². The maximum absolute atomic E-state index is 13.1. The van der Waals surface area contributed by atoms with Gasteiger partial charge in [-0.3, -0.25) is 9.59 Å². The zero-order valence-electron chi connectivity index (χ0n) is 19.1. The Morgan fingerprint density at radius 1 is 1.03 bits per heavy atom. The summed E-state index contributed by atoms with van der Waals surface area (Å²) in [5, 5.41) is 6.31. The second-order valence-electron chi connectivity index (χ2n) is 8.46. The lowest BCUT2D eigenvalue weighted by atomic mass is 10.1. The van der Waals surface area contributed by atoms with Crippen molar-refractivity contribution in [3.63, 3.8) is 0 Å². The number of carbonyl (C=O) groups is 3. The van der Waals surface area contributed by atoms with Crippen LogP contribution in [-0.4, -0.2) is 54.6 Å². The van der Waals surface area contributed by atoms with Crippen LogP contribution in [0.25, 0.3) is 0 Å². The number of nitrogens with zero attached hydrogens (tertiary/aromatic N) is 2. The van der Waals surface area contributed by atoms with E-state index < -0.39 is 6.04 Å². The Labute approximate surface area is 204 Å². The number of carbonyl (C=O) groups excluding carboxylic acids is 3. The summed E-state index contributed by atoms with van der Waals surface area (Å²) in [6.07, 6.45) is 2.67. The zero-order valence-corrected chi connectivity index (χ0v) is 19.9. The fourth-order valence-corrected chi connectivity index (χ4v) is 4.51. The molecule has 2 aliphatic heterocycles. The van der Waals surface area contributed by atoms with Gasteiger partial charge in [-0.1, -0.05) is 11.6 Å². The van der Waals surface area contributed by atoms with Crippen LogP contribution in [0.2, 0.25) is 5.02 Å². The van der Waals surface area contributed by atoms with Crippen LogP contribution in [0.4, 0.5) is 21.9 Å². The number of urea groups is 1. The van der Waals surface area contributed by atoms with Crippen molar-refractivity contribution >= 4 is 46.5 Å². The van der Waals surface area contributed by atoms with E-state index in [9.17, 15) is 14.4 Å². The Balaban J connectivity index is 1.43. The minimum absolute atomic E-state index is 0.123. The number of hydrogen-bond acceptors (Lipinski definition) is 4. The van der Waals surface area contributed by atoms with Gasteiger partial charge in [0.1, 0.15) is 6.04 Å². The molecule has 0 saturated carbocycles. The van der Waals surface area contributed by atoms with E-state index in [1.165, 1.54) is 4.90 Å². The SMILES string of the molecule is CCO[C@H]1C[C@H](C(=O)Nc2ccc(N3CCCCC3=O)cc2)N(C(=O)Nc2ccc(Cl)cc2)C1. The van der Waals surface area contributed by atoms with Crippen molar-refractivity contribution in [2.24, 2.45) is 0 Å². The van der Waals surface area contributed by atoms with Gasteiger partial charge in [-0.05, 0) is 68.3 Å². The van der Waals surface area contributed by atoms with Crippen LogP contribution in [0.15, 0.2) is 48.5 Å². The smallest absolute Gasteiger partial charge is 0.322 e. The molecule has 2 N–H and O–H groups in total. The molecule has 0 radical (unpaired) electrons. The number of benzene rings is 2. The summed E-state index contributed by atoms with van der Waals surface area (Å²) in [6, 6.07) is 13.0. The maximum Gasteiger partial charge on any atom is 0.322 e. The fourth-order valence-electron chi connectivity index (χ4n) is 4.38. The molecular weight excluding hydrogens is 456 g/mol. The molecule has 0 spiro atoms. The third-order valence-electron chi connectivity index (χ3n) is 6.09. The molecule has 0 unspecified atom stereocenters. The van der Waals surface area contributed by atoms with E-state index in [0.29, 0.717) is 48.9 Å². The number of amides is 4. The molecule has 2 aromatic rings. The molecule has 0 bridgehead atoms. The molecule has 9 heteroatoms. The number of nitrogens with one attached hydrogen (secondary N) is 2. The topological polar surface area (TPSA) is 91.0 Å². The van der Waals surface area contributed by atoms with Crippen molar-refractivity contribution < 1.29 is 19.1 Å². The number of halogens is 1. The molecule has 2 aromatic carbocycles. The van der Waals surface area contributed by atoms with Gasteiger partial charge >= 0.3 is 6.03 Å². The number of ether oxygens (including phenoxy) is 1. The minimum atomic E-state index is -0.674. The van der Waals surface area contributed by atoms with Gasteiger partial charge < -0.3 is 25.2 Å². The molecule has 34 heavy (non-hydrogen) atoms. The predicted molar refractivity (Wildman–Crippen MR) is 132 cm³/mol. The first-order valence-electron chi connectivity index (χ1n) is 11.6. The lowest BCUT2D eigenvalue weighted by molar-refractivity contribution is -0.120. The summed E-state index contributed by atoms with van der Waals surface area (Å²) in [5.41, 5.74) is 2.02. The molecule has 4 amide bonds. The fraction of sp³-hybridized carbons (Fsp3) is 0.400. The number of likely N-dealkylation sites (tertiary alicyclic amines) is 1. The molecular formula is C25H29ClN4O4. The standard InChI is InChI=1S/C25H29ClN4O4/c1-2-34-21-15-22(30(16-21)25(33)28-19-8-6-17(26)7-9-19)24(32)27-18-10-12-20(13-11-18)29-14-4-3-5-23(29)31/h6-13,21-22H,2-5,14-16H2,1H3,(H,27,32)(H,28,33)/t21-,22+/m0/s1. The van der Waals surface area contributed by atoms with Gasteiger partial charge in [-0.15, -0.1) is 0 Å². The average Bonchev–Trinajstić information content (AvgIpc) is 3.26.